The molecule has 5 heteroatoms. The average Bonchev–Trinajstić information content (AvgIpc) is 2.62. The van der Waals surface area contributed by atoms with Crippen LogP contribution in [0.4, 0.5) is 0 Å². The Morgan fingerprint density at radius 3 is 2.52 bits per heavy atom. The lowest BCUT2D eigenvalue weighted by Crippen LogP contribution is -2.31. The molecule has 0 unspecified atom stereocenters. The van der Waals surface area contributed by atoms with Crippen LogP contribution < -0.4 is 9.47 Å². The van der Waals surface area contributed by atoms with E-state index < -0.39 is 0 Å². The first-order chi connectivity index (χ1) is 12.0. The van der Waals surface area contributed by atoms with Crippen molar-refractivity contribution in [2.45, 2.75) is 13.5 Å². The lowest BCUT2D eigenvalue weighted by molar-refractivity contribution is -0.132. The molecule has 132 valence electrons. The van der Waals surface area contributed by atoms with Crippen molar-refractivity contribution in [3.05, 3.63) is 64.7 Å². The number of ether oxygens (including phenoxy) is 2. The third-order valence-electron chi connectivity index (χ3n) is 3.66. The summed E-state index contributed by atoms with van der Waals surface area (Å²) in [7, 11) is 3.32. The number of nitrogens with zero attached hydrogens (tertiary/aromatic N) is 1. The fourth-order valence-electron chi connectivity index (χ4n) is 2.30. The van der Waals surface area contributed by atoms with Crippen LogP contribution in [0.1, 0.15) is 18.1 Å². The zero-order chi connectivity index (χ0) is 18.2. The Morgan fingerprint density at radius 1 is 1.16 bits per heavy atom. The summed E-state index contributed by atoms with van der Waals surface area (Å²) in [5, 5.41) is 0.675. The number of likely N-dealkylation sites (N-methyl/N-ethyl adjacent to an activating group) is 1. The van der Waals surface area contributed by atoms with Crippen molar-refractivity contribution in [1.82, 2.24) is 4.90 Å². The summed E-state index contributed by atoms with van der Waals surface area (Å²) in [6.07, 6.45) is 3.92. The molecule has 0 atom stereocenters. The number of allylic oxidation sites excluding steroid dienone is 1. The summed E-state index contributed by atoms with van der Waals surface area (Å²) < 4.78 is 11.0. The number of carbonyl (C=O) groups excluding carboxylic acids is 1. The van der Waals surface area contributed by atoms with Crippen molar-refractivity contribution in [3.63, 3.8) is 0 Å². The van der Waals surface area contributed by atoms with Gasteiger partial charge in [0.2, 0.25) is 0 Å². The summed E-state index contributed by atoms with van der Waals surface area (Å²) in [6, 6.07) is 13.0. The second-order valence-electron chi connectivity index (χ2n) is 5.58. The van der Waals surface area contributed by atoms with E-state index in [0.717, 1.165) is 11.1 Å². The van der Waals surface area contributed by atoms with Gasteiger partial charge in [0.15, 0.2) is 18.1 Å². The predicted octanol–water partition coefficient (Wildman–Crippen LogP) is 4.42. The van der Waals surface area contributed by atoms with Crippen molar-refractivity contribution in [1.29, 1.82) is 0 Å². The summed E-state index contributed by atoms with van der Waals surface area (Å²) >= 11 is 5.87. The van der Waals surface area contributed by atoms with Gasteiger partial charge in [0, 0.05) is 18.6 Å². The molecule has 2 aromatic rings. The molecule has 0 aliphatic heterocycles. The molecule has 0 bridgehead atoms. The number of carbonyl (C=O) groups is 1. The summed E-state index contributed by atoms with van der Waals surface area (Å²) in [6.45, 7) is 2.40. The Bertz CT molecular complexity index is 741. The molecule has 0 heterocycles. The van der Waals surface area contributed by atoms with Gasteiger partial charge in [-0.05, 0) is 42.3 Å². The summed E-state index contributed by atoms with van der Waals surface area (Å²) in [5.41, 5.74) is 2.02. The van der Waals surface area contributed by atoms with E-state index in [4.69, 9.17) is 21.1 Å². The highest BCUT2D eigenvalue weighted by molar-refractivity contribution is 6.30. The number of hydrogen-bond donors (Lipinski definition) is 0. The number of rotatable bonds is 7. The van der Waals surface area contributed by atoms with Crippen LogP contribution in [-0.4, -0.2) is 31.6 Å². The van der Waals surface area contributed by atoms with Gasteiger partial charge in [0.05, 0.1) is 7.11 Å². The predicted molar refractivity (Wildman–Crippen MR) is 101 cm³/mol. The number of methoxy groups -OCH3 is 1. The number of benzene rings is 2. The van der Waals surface area contributed by atoms with Gasteiger partial charge in [0.1, 0.15) is 0 Å². The molecule has 0 saturated carbocycles. The largest absolute Gasteiger partial charge is 0.493 e. The molecule has 0 N–H and O–H groups in total. The number of amides is 1. The third kappa shape index (κ3) is 5.54. The highest BCUT2D eigenvalue weighted by atomic mass is 35.5. The van der Waals surface area contributed by atoms with Crippen molar-refractivity contribution in [2.75, 3.05) is 20.8 Å². The smallest absolute Gasteiger partial charge is 0.260 e. The molecule has 4 nitrogen and oxygen atoms in total. The molecule has 1 amide bonds. The van der Waals surface area contributed by atoms with Gasteiger partial charge >= 0.3 is 0 Å². The Labute approximate surface area is 153 Å². The maximum atomic E-state index is 12.3. The number of hydrogen-bond acceptors (Lipinski definition) is 3. The Hall–Kier alpha value is -2.46. The van der Waals surface area contributed by atoms with E-state index in [2.05, 4.69) is 0 Å². The van der Waals surface area contributed by atoms with E-state index in [1.807, 2.05) is 55.5 Å². The second-order valence-corrected chi connectivity index (χ2v) is 6.01. The highest BCUT2D eigenvalue weighted by Crippen LogP contribution is 2.28. The summed E-state index contributed by atoms with van der Waals surface area (Å²) in [4.78, 5) is 13.9. The van der Waals surface area contributed by atoms with E-state index in [0.29, 0.717) is 23.1 Å². The molecule has 0 radical (unpaired) electrons. The van der Waals surface area contributed by atoms with E-state index in [1.165, 1.54) is 0 Å². The van der Waals surface area contributed by atoms with Gasteiger partial charge < -0.3 is 14.4 Å². The van der Waals surface area contributed by atoms with Crippen LogP contribution in [-0.2, 0) is 11.3 Å². The van der Waals surface area contributed by atoms with Crippen LogP contribution in [0.2, 0.25) is 5.02 Å². The lowest BCUT2D eigenvalue weighted by Gasteiger charge is -2.18. The van der Waals surface area contributed by atoms with E-state index in [9.17, 15) is 4.79 Å². The minimum atomic E-state index is -0.116. The van der Waals surface area contributed by atoms with Crippen LogP contribution in [0.5, 0.6) is 11.5 Å². The first-order valence-corrected chi connectivity index (χ1v) is 8.33. The molecule has 0 saturated heterocycles. The van der Waals surface area contributed by atoms with E-state index >= 15 is 0 Å². The maximum Gasteiger partial charge on any atom is 0.260 e. The lowest BCUT2D eigenvalue weighted by atomic mass is 10.2. The van der Waals surface area contributed by atoms with E-state index in [-0.39, 0.29) is 12.5 Å². The normalized spacial score (nSPS) is 10.7. The molecular weight excluding hydrogens is 338 g/mol. The van der Waals surface area contributed by atoms with Gasteiger partial charge in [0.25, 0.3) is 5.91 Å². The van der Waals surface area contributed by atoms with Crippen LogP contribution >= 0.6 is 11.6 Å². The molecule has 25 heavy (non-hydrogen) atoms. The third-order valence-corrected chi connectivity index (χ3v) is 3.91. The van der Waals surface area contributed by atoms with Crippen molar-refractivity contribution < 1.29 is 14.3 Å². The van der Waals surface area contributed by atoms with Gasteiger partial charge in [-0.3, -0.25) is 4.79 Å². The van der Waals surface area contributed by atoms with Gasteiger partial charge in [-0.15, -0.1) is 0 Å². The molecule has 0 aromatic heterocycles. The molecule has 2 rings (SSSR count). The van der Waals surface area contributed by atoms with Gasteiger partial charge in [-0.25, -0.2) is 0 Å². The minimum absolute atomic E-state index is 0.0522. The van der Waals surface area contributed by atoms with E-state index in [1.54, 1.807) is 25.1 Å². The van der Waals surface area contributed by atoms with Crippen molar-refractivity contribution in [3.8, 4) is 11.5 Å². The highest BCUT2D eigenvalue weighted by Gasteiger charge is 2.12. The Kier molecular flexibility index (Phi) is 6.90. The molecule has 0 aliphatic carbocycles. The van der Waals surface area contributed by atoms with Crippen LogP contribution in [0.25, 0.3) is 6.08 Å². The first kappa shape index (κ1) is 18.9. The van der Waals surface area contributed by atoms with Crippen LogP contribution in [0, 0.1) is 0 Å². The summed E-state index contributed by atoms with van der Waals surface area (Å²) in [5.74, 6) is 1.03. The Morgan fingerprint density at radius 2 is 1.88 bits per heavy atom. The quantitative estimate of drug-likeness (QED) is 0.734. The van der Waals surface area contributed by atoms with Gasteiger partial charge in [-0.1, -0.05) is 42.0 Å². The molecular formula is C20H22ClNO3. The Balaban J connectivity index is 1.95. The maximum absolute atomic E-state index is 12.3. The standard InChI is InChI=1S/C20H22ClNO3/c1-4-5-15-8-11-18(19(12-15)24-3)25-14-20(23)22(2)13-16-6-9-17(21)10-7-16/h4-12H,13-14H2,1-3H3/b5-4+. The molecule has 0 spiro atoms. The fraction of sp³-hybridized carbons (Fsp3) is 0.250. The van der Waals surface area contributed by atoms with Crippen LogP contribution in [0.3, 0.4) is 0 Å². The monoisotopic (exact) mass is 359 g/mol. The zero-order valence-electron chi connectivity index (χ0n) is 14.7. The second kappa shape index (κ2) is 9.14. The SMILES string of the molecule is C/C=C/c1ccc(OCC(=O)N(C)Cc2ccc(Cl)cc2)c(OC)c1. The first-order valence-electron chi connectivity index (χ1n) is 7.95. The van der Waals surface area contributed by atoms with Gasteiger partial charge in [-0.2, -0.15) is 0 Å². The molecule has 0 fully saturated rings. The van der Waals surface area contributed by atoms with Crippen LogP contribution in [0.15, 0.2) is 48.5 Å². The molecule has 0 aliphatic rings. The number of halogens is 1. The zero-order valence-corrected chi connectivity index (χ0v) is 15.4. The average molecular weight is 360 g/mol. The fourth-order valence-corrected chi connectivity index (χ4v) is 2.43. The topological polar surface area (TPSA) is 38.8 Å². The van der Waals surface area contributed by atoms with Crippen molar-refractivity contribution >= 4 is 23.6 Å². The molecule has 2 aromatic carbocycles. The van der Waals surface area contributed by atoms with Crippen molar-refractivity contribution in [2.24, 2.45) is 0 Å². The minimum Gasteiger partial charge on any atom is -0.493 e.